The van der Waals surface area contributed by atoms with Crippen LogP contribution in [0.1, 0.15) is 17.0 Å². The van der Waals surface area contributed by atoms with Crippen molar-refractivity contribution in [3.8, 4) is 16.4 Å². The van der Waals surface area contributed by atoms with Gasteiger partial charge >= 0.3 is 0 Å². The average molecular weight is 385 g/mol. The summed E-state index contributed by atoms with van der Waals surface area (Å²) in [5.74, 6) is -0.221. The fourth-order valence-corrected chi connectivity index (χ4v) is 4.36. The topological polar surface area (TPSA) is 42.7 Å². The first kappa shape index (κ1) is 16.9. The van der Waals surface area contributed by atoms with Gasteiger partial charge in [-0.05, 0) is 37.6 Å². The summed E-state index contributed by atoms with van der Waals surface area (Å²) in [4.78, 5) is 9.13. The fraction of sp³-hybridized carbons (Fsp3) is 0.158. The molecule has 0 bridgehead atoms. The zero-order valence-corrected chi connectivity index (χ0v) is 16.0. The van der Waals surface area contributed by atoms with Gasteiger partial charge in [-0.2, -0.15) is 0 Å². The van der Waals surface area contributed by atoms with Crippen molar-refractivity contribution in [3.63, 3.8) is 0 Å². The minimum absolute atomic E-state index is 0.221. The van der Waals surface area contributed by atoms with E-state index in [0.29, 0.717) is 6.54 Å². The molecule has 0 aliphatic carbocycles. The molecule has 7 heteroatoms. The molecular weight excluding hydrogens is 367 g/mol. The van der Waals surface area contributed by atoms with Crippen LogP contribution >= 0.6 is 22.7 Å². The van der Waals surface area contributed by atoms with Crippen LogP contribution in [0.25, 0.3) is 16.4 Å². The number of halogens is 1. The number of rotatable bonds is 5. The molecular formula is C19H17FN4S2. The SMILES string of the molecule is Cc1cc(-c2csc(NCc3ccc(F)cc3)n2)c(C)n1-c1nccs1. The van der Waals surface area contributed by atoms with Gasteiger partial charge in [0.2, 0.25) is 0 Å². The van der Waals surface area contributed by atoms with Gasteiger partial charge in [0, 0.05) is 40.5 Å². The monoisotopic (exact) mass is 384 g/mol. The van der Waals surface area contributed by atoms with E-state index in [9.17, 15) is 4.39 Å². The third-order valence-corrected chi connectivity index (χ3v) is 5.74. The summed E-state index contributed by atoms with van der Waals surface area (Å²) < 4.78 is 15.1. The van der Waals surface area contributed by atoms with Crippen LogP contribution in [0.15, 0.2) is 47.3 Å². The van der Waals surface area contributed by atoms with E-state index in [1.165, 1.54) is 12.1 Å². The number of nitrogens with zero attached hydrogens (tertiary/aromatic N) is 3. The van der Waals surface area contributed by atoms with Crippen molar-refractivity contribution in [1.82, 2.24) is 14.5 Å². The molecule has 3 aromatic heterocycles. The van der Waals surface area contributed by atoms with E-state index in [1.807, 2.05) is 11.6 Å². The maximum atomic E-state index is 13.0. The molecule has 4 rings (SSSR count). The second-order valence-electron chi connectivity index (χ2n) is 5.95. The highest BCUT2D eigenvalue weighted by molar-refractivity contribution is 7.14. The summed E-state index contributed by atoms with van der Waals surface area (Å²) in [6.45, 7) is 4.79. The Morgan fingerprint density at radius 3 is 2.69 bits per heavy atom. The number of benzene rings is 1. The lowest BCUT2D eigenvalue weighted by Gasteiger charge is -2.05. The number of hydrogen-bond donors (Lipinski definition) is 1. The van der Waals surface area contributed by atoms with Gasteiger partial charge in [0.1, 0.15) is 5.82 Å². The lowest BCUT2D eigenvalue weighted by Crippen LogP contribution is -1.99. The Balaban J connectivity index is 1.55. The van der Waals surface area contributed by atoms with Gasteiger partial charge in [-0.25, -0.2) is 14.4 Å². The maximum absolute atomic E-state index is 13.0. The number of thiazole rings is 2. The van der Waals surface area contributed by atoms with Crippen LogP contribution in [0.3, 0.4) is 0 Å². The van der Waals surface area contributed by atoms with Gasteiger partial charge in [-0.3, -0.25) is 4.57 Å². The molecule has 0 unspecified atom stereocenters. The second kappa shape index (κ2) is 7.01. The predicted molar refractivity (Wildman–Crippen MR) is 106 cm³/mol. The van der Waals surface area contributed by atoms with Crippen molar-refractivity contribution in [2.24, 2.45) is 0 Å². The number of aryl methyl sites for hydroxylation is 1. The van der Waals surface area contributed by atoms with E-state index in [4.69, 9.17) is 4.98 Å². The molecule has 4 nitrogen and oxygen atoms in total. The Kier molecular flexibility index (Phi) is 4.57. The number of anilines is 1. The molecule has 0 spiro atoms. The van der Waals surface area contributed by atoms with Gasteiger partial charge < -0.3 is 5.32 Å². The summed E-state index contributed by atoms with van der Waals surface area (Å²) in [5.41, 5.74) is 5.36. The Labute approximate surface area is 159 Å². The molecule has 0 atom stereocenters. The highest BCUT2D eigenvalue weighted by atomic mass is 32.1. The fourth-order valence-electron chi connectivity index (χ4n) is 2.90. The van der Waals surface area contributed by atoms with Gasteiger partial charge in [-0.15, -0.1) is 22.7 Å². The normalized spacial score (nSPS) is 11.0. The van der Waals surface area contributed by atoms with Gasteiger partial charge in [-0.1, -0.05) is 12.1 Å². The van der Waals surface area contributed by atoms with E-state index >= 15 is 0 Å². The Bertz CT molecular complexity index is 1020. The van der Waals surface area contributed by atoms with E-state index in [0.717, 1.165) is 38.5 Å². The van der Waals surface area contributed by atoms with Crippen molar-refractivity contribution in [1.29, 1.82) is 0 Å². The Hall–Kier alpha value is -2.51. The van der Waals surface area contributed by atoms with Crippen molar-refractivity contribution >= 4 is 27.8 Å². The number of aromatic nitrogens is 3. The van der Waals surface area contributed by atoms with Crippen LogP contribution in [0, 0.1) is 19.7 Å². The van der Waals surface area contributed by atoms with E-state index in [-0.39, 0.29) is 5.82 Å². The molecule has 0 aliphatic heterocycles. The lowest BCUT2D eigenvalue weighted by molar-refractivity contribution is 0.627. The standard InChI is InChI=1S/C19H17FN4S2/c1-12-9-16(13(2)24(12)19-21-7-8-25-19)17-11-26-18(23-17)22-10-14-3-5-15(20)6-4-14/h3-9,11H,10H2,1-2H3,(H,22,23). The molecule has 132 valence electrons. The molecule has 0 fully saturated rings. The van der Waals surface area contributed by atoms with Crippen molar-refractivity contribution in [3.05, 3.63) is 70.1 Å². The number of hydrogen-bond acceptors (Lipinski definition) is 5. The molecule has 1 aromatic carbocycles. The van der Waals surface area contributed by atoms with Crippen LogP contribution < -0.4 is 5.32 Å². The highest BCUT2D eigenvalue weighted by Gasteiger charge is 2.15. The van der Waals surface area contributed by atoms with Crippen LogP contribution in [0.5, 0.6) is 0 Å². The zero-order valence-electron chi connectivity index (χ0n) is 14.4. The Morgan fingerprint density at radius 1 is 1.15 bits per heavy atom. The summed E-state index contributed by atoms with van der Waals surface area (Å²) in [6.07, 6.45) is 1.82. The van der Waals surface area contributed by atoms with E-state index in [2.05, 4.69) is 40.2 Å². The van der Waals surface area contributed by atoms with E-state index in [1.54, 1.807) is 34.8 Å². The smallest absolute Gasteiger partial charge is 0.193 e. The predicted octanol–water partition coefficient (Wildman–Crippen LogP) is 5.43. The molecule has 0 saturated heterocycles. The zero-order chi connectivity index (χ0) is 18.1. The average Bonchev–Trinajstić information content (AvgIpc) is 3.35. The maximum Gasteiger partial charge on any atom is 0.193 e. The molecule has 0 amide bonds. The molecule has 26 heavy (non-hydrogen) atoms. The van der Waals surface area contributed by atoms with Gasteiger partial charge in [0.05, 0.1) is 5.69 Å². The lowest BCUT2D eigenvalue weighted by atomic mass is 10.2. The molecule has 3 heterocycles. The Morgan fingerprint density at radius 2 is 1.96 bits per heavy atom. The minimum atomic E-state index is -0.221. The number of nitrogens with one attached hydrogen (secondary N) is 1. The molecule has 4 aromatic rings. The molecule has 0 saturated carbocycles. The van der Waals surface area contributed by atoms with Crippen LogP contribution in [0.4, 0.5) is 9.52 Å². The first-order valence-corrected chi connectivity index (χ1v) is 9.91. The van der Waals surface area contributed by atoms with Crippen molar-refractivity contribution in [2.45, 2.75) is 20.4 Å². The second-order valence-corrected chi connectivity index (χ2v) is 7.68. The van der Waals surface area contributed by atoms with Crippen LogP contribution in [0.2, 0.25) is 0 Å². The van der Waals surface area contributed by atoms with E-state index < -0.39 is 0 Å². The summed E-state index contributed by atoms with van der Waals surface area (Å²) in [7, 11) is 0. The largest absolute Gasteiger partial charge is 0.357 e. The van der Waals surface area contributed by atoms with Gasteiger partial charge in [0.25, 0.3) is 0 Å². The first-order chi connectivity index (χ1) is 12.6. The first-order valence-electron chi connectivity index (χ1n) is 8.15. The van der Waals surface area contributed by atoms with Crippen LogP contribution in [-0.2, 0) is 6.54 Å². The molecule has 0 aliphatic rings. The summed E-state index contributed by atoms with van der Waals surface area (Å²) >= 11 is 3.19. The minimum Gasteiger partial charge on any atom is -0.357 e. The third kappa shape index (κ3) is 3.27. The third-order valence-electron chi connectivity index (χ3n) is 4.18. The summed E-state index contributed by atoms with van der Waals surface area (Å²) in [5, 5.41) is 9.16. The van der Waals surface area contributed by atoms with Crippen molar-refractivity contribution < 1.29 is 4.39 Å². The molecule has 0 radical (unpaired) electrons. The summed E-state index contributed by atoms with van der Waals surface area (Å²) in [6, 6.07) is 8.64. The highest BCUT2D eigenvalue weighted by Crippen LogP contribution is 2.32. The molecule has 1 N–H and O–H groups in total. The van der Waals surface area contributed by atoms with Crippen molar-refractivity contribution in [2.75, 3.05) is 5.32 Å². The van der Waals surface area contributed by atoms with Gasteiger partial charge in [0.15, 0.2) is 10.3 Å². The quantitative estimate of drug-likeness (QED) is 0.499. The van der Waals surface area contributed by atoms with Crippen LogP contribution in [-0.4, -0.2) is 14.5 Å².